The van der Waals surface area contributed by atoms with Crippen LogP contribution >= 0.6 is 0 Å². The first-order valence-corrected chi connectivity index (χ1v) is 2.80. The molecule has 0 saturated heterocycles. The Bertz CT molecular complexity index is 150. The Morgan fingerprint density at radius 1 is 1.36 bits per heavy atom. The monoisotopic (exact) mass is 161 g/mol. The third kappa shape index (κ3) is 3.54. The van der Waals surface area contributed by atoms with Gasteiger partial charge in [-0.15, -0.1) is 0 Å². The van der Waals surface area contributed by atoms with Crippen molar-refractivity contribution in [1.29, 1.82) is 0 Å². The lowest BCUT2D eigenvalue weighted by Crippen LogP contribution is -2.47. The zero-order valence-electron chi connectivity index (χ0n) is 5.52. The molecule has 0 aliphatic carbocycles. The number of carboxylic acid groups (broad SMARTS) is 2. The molecule has 0 aromatic heterocycles. The quantitative estimate of drug-likeness (QED) is 0.428. The number of carboxylic acids is 2. The van der Waals surface area contributed by atoms with Crippen molar-refractivity contribution in [3.8, 4) is 0 Å². The van der Waals surface area contributed by atoms with E-state index in [1.54, 1.807) is 0 Å². The van der Waals surface area contributed by atoms with E-state index in [-0.39, 0.29) is 0 Å². The number of aliphatic carboxylic acids is 2. The highest BCUT2D eigenvalue weighted by Gasteiger charge is 2.11. The van der Waals surface area contributed by atoms with Crippen LogP contribution < -0.4 is 15.9 Å². The van der Waals surface area contributed by atoms with Gasteiger partial charge in [-0.05, 0) is 6.42 Å². The lowest BCUT2D eigenvalue weighted by Gasteiger charge is -2.17. The van der Waals surface area contributed by atoms with Crippen LogP contribution in [0.4, 0.5) is 0 Å². The first-order valence-electron chi connectivity index (χ1n) is 2.80. The van der Waals surface area contributed by atoms with E-state index in [1.807, 2.05) is 0 Å². The lowest BCUT2D eigenvalue weighted by molar-refractivity contribution is -0.316. The molecule has 6 heteroatoms. The molecule has 0 bridgehead atoms. The van der Waals surface area contributed by atoms with E-state index in [4.69, 9.17) is 10.8 Å². The molecule has 2 atom stereocenters. The third-order valence-corrected chi connectivity index (χ3v) is 1.05. The average Bonchev–Trinajstić information content (AvgIpc) is 1.87. The minimum absolute atomic E-state index is 0.606. The van der Waals surface area contributed by atoms with Crippen LogP contribution in [0.1, 0.15) is 6.42 Å². The summed E-state index contributed by atoms with van der Waals surface area (Å²) in [4.78, 5) is 19.7. The van der Waals surface area contributed by atoms with E-state index in [2.05, 4.69) is 0 Å². The maximum absolute atomic E-state index is 9.90. The fourth-order valence-electron chi connectivity index (χ4n) is 0.433. The highest BCUT2D eigenvalue weighted by Crippen LogP contribution is 1.93. The Kier molecular flexibility index (Phi) is 3.49. The van der Waals surface area contributed by atoms with Gasteiger partial charge in [0, 0.05) is 6.04 Å². The normalized spacial score (nSPS) is 15.5. The van der Waals surface area contributed by atoms with Gasteiger partial charge in [0.15, 0.2) is 0 Å². The highest BCUT2D eigenvalue weighted by atomic mass is 16.4. The topological polar surface area (TPSA) is 127 Å². The number of hydrogen-bond acceptors (Lipinski definition) is 6. The van der Waals surface area contributed by atoms with E-state index < -0.39 is 30.5 Å². The van der Waals surface area contributed by atoms with Gasteiger partial charge in [0.05, 0.1) is 18.0 Å². The molecule has 0 aromatic rings. The number of hydrogen-bond donors (Lipinski definition) is 2. The van der Waals surface area contributed by atoms with Crippen LogP contribution in [0.15, 0.2) is 0 Å². The number of nitrogens with two attached hydrogens (primary N) is 1. The second-order valence-corrected chi connectivity index (χ2v) is 2.00. The van der Waals surface area contributed by atoms with Gasteiger partial charge in [-0.3, -0.25) is 0 Å². The fourth-order valence-corrected chi connectivity index (χ4v) is 0.433. The molecule has 0 unspecified atom stereocenters. The van der Waals surface area contributed by atoms with Crippen LogP contribution in [-0.4, -0.2) is 29.2 Å². The average molecular weight is 161 g/mol. The van der Waals surface area contributed by atoms with E-state index in [9.17, 15) is 19.8 Å². The molecular weight excluding hydrogens is 154 g/mol. The van der Waals surface area contributed by atoms with E-state index in [0.29, 0.717) is 0 Å². The summed E-state index contributed by atoms with van der Waals surface area (Å²) in [6, 6.07) is -1.48. The molecule has 3 N–H and O–H groups in total. The minimum Gasteiger partial charge on any atom is -0.548 e. The van der Waals surface area contributed by atoms with Crippen molar-refractivity contribution in [3.05, 3.63) is 0 Å². The molecule has 64 valence electrons. The molecule has 0 saturated carbocycles. The van der Waals surface area contributed by atoms with Crippen molar-refractivity contribution in [1.82, 2.24) is 0 Å². The standard InChI is InChI=1S/C5H9NO5/c6-2(4(8)9)1-3(7)5(10)11/h2-3,7H,1,6H2,(H,8,9)(H,10,11)/p-2/t2-,3-/m0/s1. The van der Waals surface area contributed by atoms with Crippen LogP contribution in [0, 0.1) is 0 Å². The molecule has 6 nitrogen and oxygen atoms in total. The molecule has 0 spiro atoms. The molecule has 0 aliphatic rings. The number of carbonyl (C=O) groups is 2. The van der Waals surface area contributed by atoms with Gasteiger partial charge >= 0.3 is 0 Å². The van der Waals surface area contributed by atoms with Crippen molar-refractivity contribution in [3.63, 3.8) is 0 Å². The van der Waals surface area contributed by atoms with Crippen LogP contribution in [-0.2, 0) is 9.59 Å². The molecule has 11 heavy (non-hydrogen) atoms. The van der Waals surface area contributed by atoms with E-state index in [1.165, 1.54) is 0 Å². The van der Waals surface area contributed by atoms with Crippen molar-refractivity contribution in [2.24, 2.45) is 5.73 Å². The summed E-state index contributed by atoms with van der Waals surface area (Å²) in [7, 11) is 0. The smallest absolute Gasteiger partial charge is 0.0952 e. The molecule has 0 heterocycles. The van der Waals surface area contributed by atoms with Crippen LogP contribution in [0.3, 0.4) is 0 Å². The Hall–Kier alpha value is -1.14. The van der Waals surface area contributed by atoms with E-state index >= 15 is 0 Å². The van der Waals surface area contributed by atoms with Gasteiger partial charge in [-0.25, -0.2) is 0 Å². The first kappa shape index (κ1) is 9.86. The number of aliphatic hydroxyl groups is 1. The molecule has 0 aromatic carbocycles. The summed E-state index contributed by atoms with van der Waals surface area (Å²) in [6.45, 7) is 0. The van der Waals surface area contributed by atoms with Gasteiger partial charge in [0.1, 0.15) is 0 Å². The lowest BCUT2D eigenvalue weighted by atomic mass is 10.1. The summed E-state index contributed by atoms with van der Waals surface area (Å²) >= 11 is 0. The Balaban J connectivity index is 3.84. The number of carbonyl (C=O) groups excluding carboxylic acids is 2. The Morgan fingerprint density at radius 3 is 2.09 bits per heavy atom. The van der Waals surface area contributed by atoms with Crippen molar-refractivity contribution >= 4 is 11.9 Å². The van der Waals surface area contributed by atoms with E-state index in [0.717, 1.165) is 0 Å². The van der Waals surface area contributed by atoms with Gasteiger partial charge < -0.3 is 30.6 Å². The molecule has 0 fully saturated rings. The molecular formula is C5H7NO5-2. The predicted molar refractivity (Wildman–Crippen MR) is 28.6 cm³/mol. The van der Waals surface area contributed by atoms with Crippen LogP contribution in [0.25, 0.3) is 0 Å². The maximum Gasteiger partial charge on any atom is 0.0952 e. The van der Waals surface area contributed by atoms with Crippen molar-refractivity contribution < 1.29 is 24.9 Å². The second-order valence-electron chi connectivity index (χ2n) is 2.00. The molecule has 0 rings (SSSR count). The van der Waals surface area contributed by atoms with Crippen LogP contribution in [0.2, 0.25) is 0 Å². The largest absolute Gasteiger partial charge is 0.548 e. The van der Waals surface area contributed by atoms with Crippen molar-refractivity contribution in [2.45, 2.75) is 18.6 Å². The zero-order chi connectivity index (χ0) is 9.02. The van der Waals surface area contributed by atoms with Gasteiger partial charge in [-0.2, -0.15) is 0 Å². The zero-order valence-corrected chi connectivity index (χ0v) is 5.52. The second kappa shape index (κ2) is 3.89. The number of rotatable bonds is 4. The molecule has 0 aliphatic heterocycles. The highest BCUT2D eigenvalue weighted by molar-refractivity contribution is 5.74. The van der Waals surface area contributed by atoms with Gasteiger partial charge in [0.25, 0.3) is 0 Å². The number of aliphatic hydroxyl groups excluding tert-OH is 1. The summed E-state index contributed by atoms with van der Waals surface area (Å²) in [6.07, 6.45) is -2.46. The molecule has 0 amide bonds. The third-order valence-electron chi connectivity index (χ3n) is 1.05. The molecule has 0 radical (unpaired) electrons. The van der Waals surface area contributed by atoms with Crippen molar-refractivity contribution in [2.75, 3.05) is 0 Å². The van der Waals surface area contributed by atoms with Gasteiger partial charge in [-0.1, -0.05) is 0 Å². The Morgan fingerprint density at radius 2 is 1.82 bits per heavy atom. The SMILES string of the molecule is N[C@@H](C[C@H](O)C(=O)[O-])C(=O)[O-]. The predicted octanol–water partition coefficient (Wildman–Crippen LogP) is -4.44. The van der Waals surface area contributed by atoms with Gasteiger partial charge in [0.2, 0.25) is 0 Å². The minimum atomic E-state index is -1.86. The Labute approximate surface area is 62.2 Å². The summed E-state index contributed by atoms with van der Waals surface area (Å²) in [5.74, 6) is -3.35. The summed E-state index contributed by atoms with van der Waals surface area (Å²) < 4.78 is 0. The first-order chi connectivity index (χ1) is 4.95. The van der Waals surface area contributed by atoms with Crippen LogP contribution in [0.5, 0.6) is 0 Å². The summed E-state index contributed by atoms with van der Waals surface area (Å²) in [5, 5.41) is 28.2. The fraction of sp³-hybridized carbons (Fsp3) is 0.600. The maximum atomic E-state index is 9.90. The summed E-state index contributed by atoms with van der Waals surface area (Å²) in [5.41, 5.74) is 4.84.